The summed E-state index contributed by atoms with van der Waals surface area (Å²) in [5.74, 6) is -0.196. The molecule has 1 nitrogen and oxygen atoms in total. The van der Waals surface area contributed by atoms with Crippen molar-refractivity contribution in [1.82, 2.24) is 0 Å². The summed E-state index contributed by atoms with van der Waals surface area (Å²) in [5.41, 5.74) is 8.52. The predicted molar refractivity (Wildman–Crippen MR) is 61.5 cm³/mol. The molecule has 2 aromatic rings. The van der Waals surface area contributed by atoms with Crippen LogP contribution in [-0.4, -0.2) is 0 Å². The molecule has 78 valence electrons. The van der Waals surface area contributed by atoms with E-state index in [0.29, 0.717) is 5.56 Å². The number of rotatable bonds is 2. The monoisotopic (exact) mass is 221 g/mol. The molecule has 2 N–H and O–H groups in total. The molecule has 0 spiro atoms. The summed E-state index contributed by atoms with van der Waals surface area (Å²) in [4.78, 5) is 0. The lowest BCUT2D eigenvalue weighted by Crippen LogP contribution is -2.11. The number of halogens is 1. The summed E-state index contributed by atoms with van der Waals surface area (Å²) in [7, 11) is 0. The third kappa shape index (κ3) is 2.08. The molecule has 1 heterocycles. The highest BCUT2D eigenvalue weighted by Crippen LogP contribution is 2.23. The van der Waals surface area contributed by atoms with E-state index in [9.17, 15) is 4.39 Å². The van der Waals surface area contributed by atoms with E-state index < -0.39 is 0 Å². The van der Waals surface area contributed by atoms with Crippen molar-refractivity contribution in [3.63, 3.8) is 0 Å². The molecular formula is C12H12FNS. The van der Waals surface area contributed by atoms with Crippen LogP contribution in [-0.2, 0) is 0 Å². The van der Waals surface area contributed by atoms with Crippen LogP contribution in [0.15, 0.2) is 35.0 Å². The lowest BCUT2D eigenvalue weighted by atomic mass is 10.0. The van der Waals surface area contributed by atoms with Crippen LogP contribution in [0.1, 0.15) is 22.7 Å². The maximum Gasteiger partial charge on any atom is 0.126 e. The fraction of sp³-hybridized carbons (Fsp3) is 0.167. The quantitative estimate of drug-likeness (QED) is 0.827. The van der Waals surface area contributed by atoms with Crippen molar-refractivity contribution in [3.05, 3.63) is 57.5 Å². The van der Waals surface area contributed by atoms with Gasteiger partial charge in [-0.3, -0.25) is 0 Å². The van der Waals surface area contributed by atoms with Crippen LogP contribution < -0.4 is 5.73 Å². The average molecular weight is 221 g/mol. The number of benzene rings is 1. The summed E-state index contributed by atoms with van der Waals surface area (Å²) < 4.78 is 13.3. The van der Waals surface area contributed by atoms with Gasteiger partial charge in [0.2, 0.25) is 0 Å². The van der Waals surface area contributed by atoms with Crippen molar-refractivity contribution in [2.24, 2.45) is 5.73 Å². The summed E-state index contributed by atoms with van der Waals surface area (Å²) in [6, 6.07) is 6.88. The Morgan fingerprint density at radius 1 is 1.27 bits per heavy atom. The second-order valence-electron chi connectivity index (χ2n) is 3.54. The van der Waals surface area contributed by atoms with E-state index in [0.717, 1.165) is 11.1 Å². The Morgan fingerprint density at radius 2 is 2.07 bits per heavy atom. The molecule has 0 aliphatic heterocycles. The highest BCUT2D eigenvalue weighted by Gasteiger charge is 2.10. The predicted octanol–water partition coefficient (Wildman–Crippen LogP) is 3.24. The highest BCUT2D eigenvalue weighted by molar-refractivity contribution is 7.08. The van der Waals surface area contributed by atoms with Gasteiger partial charge in [0.25, 0.3) is 0 Å². The lowest BCUT2D eigenvalue weighted by Gasteiger charge is -2.11. The molecule has 0 aliphatic rings. The summed E-state index contributed by atoms with van der Waals surface area (Å²) >= 11 is 1.60. The fourth-order valence-electron chi connectivity index (χ4n) is 1.45. The van der Waals surface area contributed by atoms with Gasteiger partial charge in [-0.1, -0.05) is 12.1 Å². The van der Waals surface area contributed by atoms with Crippen LogP contribution in [0.5, 0.6) is 0 Å². The van der Waals surface area contributed by atoms with Gasteiger partial charge in [0.1, 0.15) is 5.82 Å². The first-order chi connectivity index (χ1) is 7.18. The Hall–Kier alpha value is -1.19. The summed E-state index contributed by atoms with van der Waals surface area (Å²) in [6.07, 6.45) is 0. The summed E-state index contributed by atoms with van der Waals surface area (Å²) in [6.45, 7) is 1.75. The van der Waals surface area contributed by atoms with Crippen molar-refractivity contribution in [1.29, 1.82) is 0 Å². The molecule has 0 fully saturated rings. The number of nitrogens with two attached hydrogens (primary N) is 1. The van der Waals surface area contributed by atoms with E-state index >= 15 is 0 Å². The molecule has 1 atom stereocenters. The Labute approximate surface area is 92.4 Å². The largest absolute Gasteiger partial charge is 0.320 e. The van der Waals surface area contributed by atoms with Crippen LogP contribution in [0.4, 0.5) is 4.39 Å². The van der Waals surface area contributed by atoms with Crippen LogP contribution in [0.3, 0.4) is 0 Å². The minimum absolute atomic E-state index is 0.196. The molecular weight excluding hydrogens is 209 g/mol. The second kappa shape index (κ2) is 4.13. The number of thiophene rings is 1. The van der Waals surface area contributed by atoms with Crippen molar-refractivity contribution in [2.45, 2.75) is 13.0 Å². The minimum Gasteiger partial charge on any atom is -0.320 e. The minimum atomic E-state index is -0.230. The van der Waals surface area contributed by atoms with E-state index in [2.05, 4.69) is 0 Å². The van der Waals surface area contributed by atoms with Gasteiger partial charge in [-0.2, -0.15) is 11.3 Å². The smallest absolute Gasteiger partial charge is 0.126 e. The maximum absolute atomic E-state index is 13.3. The first-order valence-corrected chi connectivity index (χ1v) is 5.66. The van der Waals surface area contributed by atoms with E-state index in [4.69, 9.17) is 5.73 Å². The van der Waals surface area contributed by atoms with Gasteiger partial charge in [0, 0.05) is 0 Å². The average Bonchev–Trinajstić information content (AvgIpc) is 2.74. The van der Waals surface area contributed by atoms with Gasteiger partial charge in [-0.15, -0.1) is 0 Å². The van der Waals surface area contributed by atoms with Gasteiger partial charge < -0.3 is 5.73 Å². The number of aryl methyl sites for hydroxylation is 1. The standard InChI is InChI=1S/C12H12FNS/c1-8-2-3-9(6-11(8)13)12(14)10-4-5-15-7-10/h2-7,12H,14H2,1H3. The van der Waals surface area contributed by atoms with Crippen molar-refractivity contribution in [3.8, 4) is 0 Å². The number of hydrogen-bond donors (Lipinski definition) is 1. The zero-order valence-corrected chi connectivity index (χ0v) is 9.22. The topological polar surface area (TPSA) is 26.0 Å². The molecule has 2 rings (SSSR count). The molecule has 0 saturated carbocycles. The molecule has 15 heavy (non-hydrogen) atoms. The molecule has 1 unspecified atom stereocenters. The number of hydrogen-bond acceptors (Lipinski definition) is 2. The zero-order chi connectivity index (χ0) is 10.8. The van der Waals surface area contributed by atoms with E-state index in [-0.39, 0.29) is 11.9 Å². The first-order valence-electron chi connectivity index (χ1n) is 4.72. The summed E-state index contributed by atoms with van der Waals surface area (Å²) in [5, 5.41) is 3.96. The van der Waals surface area contributed by atoms with Gasteiger partial charge in [-0.25, -0.2) is 4.39 Å². The van der Waals surface area contributed by atoms with Gasteiger partial charge in [-0.05, 0) is 46.5 Å². The maximum atomic E-state index is 13.3. The Bertz CT molecular complexity index is 451. The van der Waals surface area contributed by atoms with Gasteiger partial charge in [0.05, 0.1) is 6.04 Å². The molecule has 0 radical (unpaired) electrons. The van der Waals surface area contributed by atoms with Crippen LogP contribution in [0, 0.1) is 12.7 Å². The first kappa shape index (κ1) is 10.3. The lowest BCUT2D eigenvalue weighted by molar-refractivity contribution is 0.614. The fourth-order valence-corrected chi connectivity index (χ4v) is 2.14. The van der Waals surface area contributed by atoms with Crippen LogP contribution in [0.25, 0.3) is 0 Å². The molecule has 1 aromatic carbocycles. The van der Waals surface area contributed by atoms with Crippen molar-refractivity contribution < 1.29 is 4.39 Å². The van der Waals surface area contributed by atoms with E-state index in [1.807, 2.05) is 22.9 Å². The van der Waals surface area contributed by atoms with E-state index in [1.165, 1.54) is 6.07 Å². The van der Waals surface area contributed by atoms with Crippen molar-refractivity contribution in [2.75, 3.05) is 0 Å². The third-order valence-electron chi connectivity index (χ3n) is 2.46. The molecule has 0 amide bonds. The Morgan fingerprint density at radius 3 is 2.67 bits per heavy atom. The zero-order valence-electron chi connectivity index (χ0n) is 8.41. The van der Waals surface area contributed by atoms with Crippen molar-refractivity contribution >= 4 is 11.3 Å². The molecule has 0 aliphatic carbocycles. The van der Waals surface area contributed by atoms with Gasteiger partial charge in [0.15, 0.2) is 0 Å². The van der Waals surface area contributed by atoms with Gasteiger partial charge >= 0.3 is 0 Å². The Balaban J connectivity index is 2.34. The van der Waals surface area contributed by atoms with E-state index in [1.54, 1.807) is 24.3 Å². The highest BCUT2D eigenvalue weighted by atomic mass is 32.1. The Kier molecular flexibility index (Phi) is 2.84. The molecule has 0 saturated heterocycles. The third-order valence-corrected chi connectivity index (χ3v) is 3.16. The normalized spacial score (nSPS) is 12.7. The SMILES string of the molecule is Cc1ccc(C(N)c2ccsc2)cc1F. The van der Waals surface area contributed by atoms with Crippen LogP contribution >= 0.6 is 11.3 Å². The molecule has 3 heteroatoms. The molecule has 0 bridgehead atoms. The van der Waals surface area contributed by atoms with Crippen LogP contribution in [0.2, 0.25) is 0 Å². The molecule has 1 aromatic heterocycles. The second-order valence-corrected chi connectivity index (χ2v) is 4.32.